The summed E-state index contributed by atoms with van der Waals surface area (Å²) in [7, 11) is 0. The minimum Gasteiger partial charge on any atom is -0.458 e. The summed E-state index contributed by atoms with van der Waals surface area (Å²) in [4.78, 5) is 158. The molecule has 2 aromatic carbocycles. The van der Waals surface area contributed by atoms with Gasteiger partial charge >= 0.3 is 5.97 Å². The number of rotatable bonds is 35. The first-order valence-corrected chi connectivity index (χ1v) is 32.2. The molecule has 3 rings (SSSR count). The maximum Gasteiger partial charge on any atom is 0.329 e. The molecule has 1 fully saturated rings. The van der Waals surface area contributed by atoms with Gasteiger partial charge in [-0.15, -0.1) is 0 Å². The summed E-state index contributed by atoms with van der Waals surface area (Å²) in [5.74, 6) is -12.2. The van der Waals surface area contributed by atoms with Gasteiger partial charge in [-0.2, -0.15) is 0 Å². The molecule has 0 saturated carbocycles. The number of amides is 10. The highest BCUT2D eigenvalue weighted by Crippen LogP contribution is 2.21. The maximum absolute atomic E-state index is 14.5. The van der Waals surface area contributed by atoms with Gasteiger partial charge in [-0.05, 0) is 99.3 Å². The normalized spacial score (nSPS) is 20.6. The highest BCUT2D eigenvalue weighted by atomic mass is 16.5. The van der Waals surface area contributed by atoms with E-state index >= 15 is 0 Å². The maximum atomic E-state index is 14.5. The van der Waals surface area contributed by atoms with Crippen molar-refractivity contribution in [3.63, 3.8) is 0 Å². The molecule has 0 aromatic heterocycles. The first kappa shape index (κ1) is 79.0. The van der Waals surface area contributed by atoms with Crippen molar-refractivity contribution >= 4 is 71.0 Å². The van der Waals surface area contributed by atoms with Crippen LogP contribution in [0.4, 0.5) is 0 Å². The van der Waals surface area contributed by atoms with Gasteiger partial charge in [0.25, 0.3) is 0 Å². The lowest BCUT2D eigenvalue weighted by atomic mass is 9.94. The molecule has 518 valence electrons. The summed E-state index contributed by atoms with van der Waals surface area (Å²) in [5, 5.41) is 46.9. The van der Waals surface area contributed by atoms with Crippen LogP contribution < -0.4 is 76.1 Å². The molecule has 0 bridgehead atoms. The Morgan fingerprint density at radius 2 is 1.08 bits per heavy atom. The van der Waals surface area contributed by atoms with Crippen molar-refractivity contribution in [1.82, 2.24) is 53.2 Å². The number of cyclic esters (lactones) is 1. The molecule has 10 amide bonds. The van der Waals surface area contributed by atoms with Crippen LogP contribution in [-0.2, 0) is 63.9 Å². The summed E-state index contributed by atoms with van der Waals surface area (Å²) in [5.41, 5.74) is 25.9. The van der Waals surface area contributed by atoms with Crippen LogP contribution in [0.1, 0.15) is 133 Å². The van der Waals surface area contributed by atoms with E-state index < -0.39 is 174 Å². The van der Waals surface area contributed by atoms with Crippen LogP contribution in [0.25, 0.3) is 11.1 Å². The van der Waals surface area contributed by atoms with Gasteiger partial charge in [0.15, 0.2) is 5.96 Å². The van der Waals surface area contributed by atoms with E-state index in [1.165, 1.54) is 13.8 Å². The Morgan fingerprint density at radius 3 is 1.59 bits per heavy atom. The average Bonchev–Trinajstić information content (AvgIpc) is 1.97. The lowest BCUT2D eigenvalue weighted by Crippen LogP contribution is -2.63. The topological polar surface area (TPSA) is 474 Å². The Labute approximate surface area is 545 Å². The SMILES string of the molecule is CC[C@@H](C)[C@@H](NC(=O)[C@@H](CCCN=C(N)N)NC(=O)[C@H](CO)NC(=O)[C@@H](NC(=O)[C@H](N)Cc1ccc(-c2ccccc2)cc1)[C@@H](C)CC)C(=O)N[C@H](C(=O)N[C@@H](CO)C(=O)N[C@H]1C(=O)N[C@@H](C)C(=O)N[C@@H](CCCCN)C(=O)N[C@@H]([C@@H](C)CC)C(=O)O[C@H]1C)[C@@H](C)CC. The van der Waals surface area contributed by atoms with Crippen LogP contribution in [0.15, 0.2) is 59.6 Å². The number of ether oxygens (including phenoxy) is 1. The predicted octanol–water partition coefficient (Wildman–Crippen LogP) is -1.61. The number of carbonyl (C=O) groups excluding carboxylic acids is 11. The van der Waals surface area contributed by atoms with Gasteiger partial charge < -0.3 is 91.1 Å². The summed E-state index contributed by atoms with van der Waals surface area (Å²) in [6.07, 6.45) is 1.15. The summed E-state index contributed by atoms with van der Waals surface area (Å²) >= 11 is 0. The zero-order valence-corrected chi connectivity index (χ0v) is 55.4. The molecule has 1 aliphatic rings. The fraction of sp³-hybridized carbons (Fsp3) is 0.625. The van der Waals surface area contributed by atoms with E-state index in [1.54, 1.807) is 55.4 Å². The van der Waals surface area contributed by atoms with Crippen molar-refractivity contribution in [2.45, 2.75) is 206 Å². The Kier molecular flexibility index (Phi) is 33.9. The van der Waals surface area contributed by atoms with Gasteiger partial charge in [-0.1, -0.05) is 136 Å². The molecule has 29 nitrogen and oxygen atoms in total. The zero-order chi connectivity index (χ0) is 69.6. The van der Waals surface area contributed by atoms with Crippen LogP contribution >= 0.6 is 0 Å². The molecule has 1 heterocycles. The predicted molar refractivity (Wildman–Crippen MR) is 349 cm³/mol. The van der Waals surface area contributed by atoms with E-state index in [1.807, 2.05) is 54.6 Å². The van der Waals surface area contributed by atoms with Crippen molar-refractivity contribution < 1.29 is 67.7 Å². The summed E-state index contributed by atoms with van der Waals surface area (Å²) in [6, 6.07) is 1.84. The number of esters is 1. The van der Waals surface area contributed by atoms with Gasteiger partial charge in [0.05, 0.1) is 19.3 Å². The zero-order valence-electron chi connectivity index (χ0n) is 55.4. The molecule has 93 heavy (non-hydrogen) atoms. The number of carbonyl (C=O) groups is 11. The molecule has 0 spiro atoms. The number of nitrogens with two attached hydrogens (primary N) is 4. The molecule has 1 saturated heterocycles. The number of guanidine groups is 1. The van der Waals surface area contributed by atoms with E-state index in [0.717, 1.165) is 16.7 Å². The second-order valence-electron chi connectivity index (χ2n) is 24.1. The second-order valence-corrected chi connectivity index (χ2v) is 24.1. The van der Waals surface area contributed by atoms with E-state index in [9.17, 15) is 63.0 Å². The van der Waals surface area contributed by atoms with Gasteiger partial charge in [0.2, 0.25) is 59.1 Å². The first-order valence-electron chi connectivity index (χ1n) is 32.2. The number of hydrogen-bond donors (Lipinski definition) is 16. The Balaban J connectivity index is 1.85. The monoisotopic (exact) mass is 1310 g/mol. The molecular weight excluding hydrogens is 1200 g/mol. The highest BCUT2D eigenvalue weighted by Gasteiger charge is 2.41. The lowest BCUT2D eigenvalue weighted by molar-refractivity contribution is -0.157. The number of benzene rings is 2. The van der Waals surface area contributed by atoms with Crippen LogP contribution in [0.5, 0.6) is 0 Å². The number of aliphatic hydroxyl groups excluding tert-OH is 2. The highest BCUT2D eigenvalue weighted by molar-refractivity contribution is 5.99. The fourth-order valence-corrected chi connectivity index (χ4v) is 9.95. The number of unbranched alkanes of at least 4 members (excludes halogenated alkanes) is 1. The largest absolute Gasteiger partial charge is 0.458 e. The van der Waals surface area contributed by atoms with E-state index in [2.05, 4.69) is 58.2 Å². The molecule has 16 atom stereocenters. The number of aliphatic imine (C=N–C) groups is 1. The number of aliphatic hydroxyl groups is 2. The lowest BCUT2D eigenvalue weighted by Gasteiger charge is -2.31. The van der Waals surface area contributed by atoms with Crippen LogP contribution in [0.3, 0.4) is 0 Å². The summed E-state index contributed by atoms with van der Waals surface area (Å²) < 4.78 is 5.73. The van der Waals surface area contributed by atoms with Gasteiger partial charge in [-0.3, -0.25) is 52.9 Å². The molecule has 29 heteroatoms. The standard InChI is InChI=1S/C64H103N15O14/c1-11-34(5)48(75-54(83)43(66)31-40-25-27-42(28-26-40)41-21-16-15-17-22-41)59(88)73-46(32-80)57(86)72-45(24-20-30-69-64(67)68)55(84)76-50(36(7)13-3)61(90)77-49(35(6)12-2)60(89)74-47(33-81)58(87)79-52-39(10)93-63(92)51(37(8)14-4)78-56(85)44(23-18-19-29-65)71-53(82)38(9)70-62(52)91/h15-17,21-22,25-28,34-39,43-52,80-81H,11-14,18-20,23-24,29-33,65-66H2,1-10H3,(H,70,91)(H,71,82)(H,72,86)(H,73,88)(H,74,89)(H,75,83)(H,76,84)(H,77,90)(H,78,85)(H,79,87)(H4,67,68,69)/t34-,35-,36+,37-,38-,39-,43+,44-,45+,46-,47-,48-,49-,50+,51-,52+/m0/s1. The second kappa shape index (κ2) is 40.0. The molecule has 0 radical (unpaired) electrons. The minimum absolute atomic E-state index is 0.00222. The molecule has 0 unspecified atom stereocenters. The van der Waals surface area contributed by atoms with Crippen molar-refractivity contribution in [2.75, 3.05) is 26.3 Å². The van der Waals surface area contributed by atoms with Crippen molar-refractivity contribution in [3.05, 3.63) is 60.2 Å². The number of nitrogens with zero attached hydrogens (tertiary/aromatic N) is 1. The fourth-order valence-electron chi connectivity index (χ4n) is 9.95. The molecular formula is C64H103N15O14. The van der Waals surface area contributed by atoms with Gasteiger partial charge in [0.1, 0.15) is 66.5 Å². The summed E-state index contributed by atoms with van der Waals surface area (Å²) in [6.45, 7) is 14.7. The third-order valence-corrected chi connectivity index (χ3v) is 16.9. The van der Waals surface area contributed by atoms with Crippen molar-refractivity contribution in [2.24, 2.45) is 51.6 Å². The third-order valence-electron chi connectivity index (χ3n) is 16.9. The van der Waals surface area contributed by atoms with Gasteiger partial charge in [0, 0.05) is 6.54 Å². The Bertz CT molecular complexity index is 2830. The first-order chi connectivity index (χ1) is 44.1. The van der Waals surface area contributed by atoms with Crippen LogP contribution in [0.2, 0.25) is 0 Å². The smallest absolute Gasteiger partial charge is 0.329 e. The Morgan fingerprint density at radius 1 is 0.581 bits per heavy atom. The van der Waals surface area contributed by atoms with Crippen LogP contribution in [0, 0.1) is 23.7 Å². The van der Waals surface area contributed by atoms with Gasteiger partial charge in [-0.25, -0.2) is 4.79 Å². The molecule has 2 aromatic rings. The van der Waals surface area contributed by atoms with E-state index in [4.69, 9.17) is 27.7 Å². The van der Waals surface area contributed by atoms with Crippen molar-refractivity contribution in [3.8, 4) is 11.1 Å². The van der Waals surface area contributed by atoms with Crippen LogP contribution in [-0.4, -0.2) is 180 Å². The molecule has 0 aliphatic carbocycles. The average molecular weight is 1310 g/mol. The molecule has 1 aliphatic heterocycles. The molecule has 20 N–H and O–H groups in total. The van der Waals surface area contributed by atoms with E-state index in [-0.39, 0.29) is 44.6 Å². The number of hydrogen-bond acceptors (Lipinski definition) is 17. The Hall–Kier alpha value is -8.28. The van der Waals surface area contributed by atoms with Crippen molar-refractivity contribution in [1.29, 1.82) is 0 Å². The van der Waals surface area contributed by atoms with E-state index in [0.29, 0.717) is 38.6 Å². The number of nitrogens with one attached hydrogen (secondary N) is 10. The minimum atomic E-state index is -1.80. The quantitative estimate of drug-likeness (QED) is 0.0160. The third kappa shape index (κ3) is 24.9.